The van der Waals surface area contributed by atoms with E-state index in [1.807, 2.05) is 32.9 Å². The minimum absolute atomic E-state index is 0.0627. The average molecular weight is 246 g/mol. The molecule has 0 saturated heterocycles. The first kappa shape index (κ1) is 14.1. The number of carboxylic acid groups (broad SMARTS) is 1. The van der Waals surface area contributed by atoms with Crippen LogP contribution >= 0.6 is 0 Å². The number of allylic oxidation sites excluding steroid dienone is 1. The van der Waals surface area contributed by atoms with Crippen LogP contribution in [0, 0.1) is 5.92 Å². The molecule has 1 N–H and O–H groups in total. The summed E-state index contributed by atoms with van der Waals surface area (Å²) in [6.45, 7) is 7.30. The second-order valence-electron chi connectivity index (χ2n) is 4.41. The number of pyridine rings is 1. The van der Waals surface area contributed by atoms with Gasteiger partial charge in [-0.05, 0) is 25.8 Å². The second-order valence-corrected chi connectivity index (χ2v) is 4.41. The van der Waals surface area contributed by atoms with E-state index in [1.165, 1.54) is 0 Å². The van der Waals surface area contributed by atoms with E-state index < -0.39 is 5.97 Å². The molecule has 1 aromatic heterocycles. The predicted molar refractivity (Wildman–Crippen MR) is 71.6 cm³/mol. The number of carbonyl (C=O) groups is 1. The van der Waals surface area contributed by atoms with Gasteiger partial charge in [-0.1, -0.05) is 19.9 Å². The molecule has 0 spiro atoms. The molecular weight excluding hydrogens is 228 g/mol. The minimum atomic E-state index is -0.929. The maximum Gasteiger partial charge on any atom is 0.333 e. The van der Waals surface area contributed by atoms with Gasteiger partial charge >= 0.3 is 5.97 Å². The number of nitrogens with zero attached hydrogens (tertiary/aromatic N) is 2. The van der Waals surface area contributed by atoms with E-state index in [1.54, 1.807) is 19.3 Å². The Bertz CT molecular complexity index is 488. The number of carboxylic acids is 1. The van der Waals surface area contributed by atoms with Crippen molar-refractivity contribution >= 4 is 11.7 Å². The summed E-state index contributed by atoms with van der Waals surface area (Å²) in [6, 6.07) is 3.73. The van der Waals surface area contributed by atoms with Crippen molar-refractivity contribution in [3.05, 3.63) is 41.4 Å². The molecule has 0 unspecified atom stereocenters. The fourth-order valence-corrected chi connectivity index (χ4v) is 1.58. The number of hydrogen-bond acceptors (Lipinski definition) is 3. The number of aliphatic imine (C=N–C) groups is 1. The van der Waals surface area contributed by atoms with Gasteiger partial charge in [0.15, 0.2) is 0 Å². The van der Waals surface area contributed by atoms with Crippen LogP contribution in [0.2, 0.25) is 0 Å². The number of aliphatic carboxylic acids is 1. The Kier molecular flexibility index (Phi) is 4.77. The molecule has 0 aromatic carbocycles. The molecule has 0 saturated carbocycles. The molecule has 0 aliphatic heterocycles. The van der Waals surface area contributed by atoms with Crippen molar-refractivity contribution in [2.24, 2.45) is 10.9 Å². The quantitative estimate of drug-likeness (QED) is 0.656. The van der Waals surface area contributed by atoms with Crippen molar-refractivity contribution in [3.63, 3.8) is 0 Å². The standard InChI is InChI=1S/C14H18N2O2/c1-9(2)13(10(3)14(17)18)16-11(4)12-6-5-7-15-8-12/h5-9H,1-4H3,(H,17,18)/b13-10+,16-11?. The molecule has 0 atom stereocenters. The Hall–Kier alpha value is -1.97. The number of aromatic nitrogens is 1. The normalized spacial score (nSPS) is 13.5. The van der Waals surface area contributed by atoms with Gasteiger partial charge in [-0.3, -0.25) is 9.98 Å². The third-order valence-electron chi connectivity index (χ3n) is 2.62. The van der Waals surface area contributed by atoms with Crippen LogP contribution in [0.1, 0.15) is 33.3 Å². The smallest absolute Gasteiger partial charge is 0.333 e. The summed E-state index contributed by atoms with van der Waals surface area (Å²) >= 11 is 0. The summed E-state index contributed by atoms with van der Waals surface area (Å²) in [7, 11) is 0. The van der Waals surface area contributed by atoms with Gasteiger partial charge in [-0.15, -0.1) is 0 Å². The van der Waals surface area contributed by atoms with E-state index in [-0.39, 0.29) is 11.5 Å². The topological polar surface area (TPSA) is 62.5 Å². The van der Waals surface area contributed by atoms with Crippen molar-refractivity contribution < 1.29 is 9.90 Å². The third-order valence-corrected chi connectivity index (χ3v) is 2.62. The maximum absolute atomic E-state index is 11.0. The average Bonchev–Trinajstić information content (AvgIpc) is 2.35. The van der Waals surface area contributed by atoms with Gasteiger partial charge in [-0.25, -0.2) is 4.79 Å². The monoisotopic (exact) mass is 246 g/mol. The molecule has 4 nitrogen and oxygen atoms in total. The lowest BCUT2D eigenvalue weighted by atomic mass is 10.1. The molecule has 0 bridgehead atoms. The van der Waals surface area contributed by atoms with Crippen molar-refractivity contribution in [2.45, 2.75) is 27.7 Å². The fraction of sp³-hybridized carbons (Fsp3) is 0.357. The van der Waals surface area contributed by atoms with Crippen LogP contribution in [-0.4, -0.2) is 21.8 Å². The Balaban J connectivity index is 3.19. The van der Waals surface area contributed by atoms with Gasteiger partial charge in [0, 0.05) is 23.7 Å². The van der Waals surface area contributed by atoms with Crippen molar-refractivity contribution in [1.82, 2.24) is 4.98 Å². The van der Waals surface area contributed by atoms with Gasteiger partial charge in [0.25, 0.3) is 0 Å². The zero-order valence-electron chi connectivity index (χ0n) is 11.1. The Morgan fingerprint density at radius 3 is 2.50 bits per heavy atom. The molecule has 0 aliphatic carbocycles. The van der Waals surface area contributed by atoms with Gasteiger partial charge in [0.2, 0.25) is 0 Å². The second kappa shape index (κ2) is 6.10. The molecule has 0 radical (unpaired) electrons. The van der Waals surface area contributed by atoms with E-state index in [0.29, 0.717) is 5.70 Å². The summed E-state index contributed by atoms with van der Waals surface area (Å²) in [6.07, 6.45) is 3.41. The van der Waals surface area contributed by atoms with Crippen LogP contribution in [0.5, 0.6) is 0 Å². The van der Waals surface area contributed by atoms with Crippen molar-refractivity contribution in [3.8, 4) is 0 Å². The number of rotatable bonds is 4. The molecule has 1 rings (SSSR count). The van der Waals surface area contributed by atoms with Crippen molar-refractivity contribution in [2.75, 3.05) is 0 Å². The van der Waals surface area contributed by atoms with Crippen LogP contribution in [0.25, 0.3) is 0 Å². The molecule has 0 amide bonds. The summed E-state index contributed by atoms with van der Waals surface area (Å²) in [4.78, 5) is 19.5. The van der Waals surface area contributed by atoms with E-state index >= 15 is 0 Å². The number of hydrogen-bond donors (Lipinski definition) is 1. The summed E-state index contributed by atoms with van der Waals surface area (Å²) in [5.74, 6) is -0.867. The lowest BCUT2D eigenvalue weighted by Gasteiger charge is -2.10. The van der Waals surface area contributed by atoms with Crippen LogP contribution in [-0.2, 0) is 4.79 Å². The Morgan fingerprint density at radius 2 is 2.06 bits per heavy atom. The van der Waals surface area contributed by atoms with Crippen LogP contribution in [0.15, 0.2) is 40.8 Å². The highest BCUT2D eigenvalue weighted by molar-refractivity contribution is 5.99. The van der Waals surface area contributed by atoms with Gasteiger partial charge in [0.05, 0.1) is 11.3 Å². The van der Waals surface area contributed by atoms with Crippen LogP contribution < -0.4 is 0 Å². The molecule has 18 heavy (non-hydrogen) atoms. The van der Waals surface area contributed by atoms with Gasteiger partial charge < -0.3 is 5.11 Å². The lowest BCUT2D eigenvalue weighted by Crippen LogP contribution is -2.07. The van der Waals surface area contributed by atoms with E-state index in [4.69, 9.17) is 5.11 Å². The first-order valence-corrected chi connectivity index (χ1v) is 5.83. The first-order chi connectivity index (χ1) is 8.43. The van der Waals surface area contributed by atoms with E-state index in [2.05, 4.69) is 9.98 Å². The fourth-order valence-electron chi connectivity index (χ4n) is 1.58. The highest BCUT2D eigenvalue weighted by atomic mass is 16.4. The summed E-state index contributed by atoms with van der Waals surface area (Å²) in [5.41, 5.74) is 2.55. The summed E-state index contributed by atoms with van der Waals surface area (Å²) in [5, 5.41) is 9.05. The minimum Gasteiger partial charge on any atom is -0.478 e. The van der Waals surface area contributed by atoms with Crippen LogP contribution in [0.3, 0.4) is 0 Å². The molecular formula is C14H18N2O2. The molecule has 0 aliphatic rings. The Morgan fingerprint density at radius 1 is 1.39 bits per heavy atom. The van der Waals surface area contributed by atoms with Gasteiger partial charge in [0.1, 0.15) is 0 Å². The zero-order chi connectivity index (χ0) is 13.7. The lowest BCUT2D eigenvalue weighted by molar-refractivity contribution is -0.132. The predicted octanol–water partition coefficient (Wildman–Crippen LogP) is 2.91. The maximum atomic E-state index is 11.0. The zero-order valence-corrected chi connectivity index (χ0v) is 11.1. The van der Waals surface area contributed by atoms with Crippen molar-refractivity contribution in [1.29, 1.82) is 0 Å². The molecule has 1 heterocycles. The van der Waals surface area contributed by atoms with Crippen LogP contribution in [0.4, 0.5) is 0 Å². The molecule has 1 aromatic rings. The first-order valence-electron chi connectivity index (χ1n) is 5.83. The summed E-state index contributed by atoms with van der Waals surface area (Å²) < 4.78 is 0. The highest BCUT2D eigenvalue weighted by Gasteiger charge is 2.12. The van der Waals surface area contributed by atoms with Gasteiger partial charge in [-0.2, -0.15) is 0 Å². The Labute approximate surface area is 107 Å². The largest absolute Gasteiger partial charge is 0.478 e. The van der Waals surface area contributed by atoms with E-state index in [9.17, 15) is 4.79 Å². The molecule has 4 heteroatoms. The SMILES string of the molecule is CC(=N/C(=C(\C)C(=O)O)C(C)C)c1cccnc1. The molecule has 96 valence electrons. The third kappa shape index (κ3) is 3.52. The molecule has 0 fully saturated rings. The highest BCUT2D eigenvalue weighted by Crippen LogP contribution is 2.18. The van der Waals surface area contributed by atoms with E-state index in [0.717, 1.165) is 11.3 Å².